The van der Waals surface area contributed by atoms with Crippen molar-refractivity contribution in [3.05, 3.63) is 47.0 Å². The molecule has 0 fully saturated rings. The van der Waals surface area contributed by atoms with Gasteiger partial charge in [-0.05, 0) is 18.2 Å². The van der Waals surface area contributed by atoms with Crippen molar-refractivity contribution in [2.45, 2.75) is 19.5 Å². The monoisotopic (exact) mass is 324 g/mol. The standard InChI is InChI=1S/C15H11F3N2OS/c1-2-11(21)12-8-10-13(15(16,17)18)19-20(14(10)22-12)9-6-4-3-5-7-9/h3-8H,2H2,1H3. The summed E-state index contributed by atoms with van der Waals surface area (Å²) in [7, 11) is 0. The van der Waals surface area contributed by atoms with E-state index < -0.39 is 11.9 Å². The third-order valence-corrected chi connectivity index (χ3v) is 4.38. The molecule has 0 N–H and O–H groups in total. The normalized spacial score (nSPS) is 12.0. The lowest BCUT2D eigenvalue weighted by molar-refractivity contribution is -0.140. The predicted molar refractivity (Wildman–Crippen MR) is 78.6 cm³/mol. The summed E-state index contributed by atoms with van der Waals surface area (Å²) >= 11 is 1.04. The van der Waals surface area contributed by atoms with Crippen molar-refractivity contribution >= 4 is 27.3 Å². The number of aromatic nitrogens is 2. The van der Waals surface area contributed by atoms with Crippen LogP contribution in [0.3, 0.4) is 0 Å². The number of halogens is 3. The molecule has 0 saturated carbocycles. The van der Waals surface area contributed by atoms with Gasteiger partial charge < -0.3 is 0 Å². The highest BCUT2D eigenvalue weighted by Gasteiger charge is 2.38. The molecule has 3 aromatic rings. The maximum atomic E-state index is 13.2. The molecule has 0 aliphatic heterocycles. The van der Waals surface area contributed by atoms with Gasteiger partial charge >= 0.3 is 6.18 Å². The average Bonchev–Trinajstić information content (AvgIpc) is 3.05. The quantitative estimate of drug-likeness (QED) is 0.655. The summed E-state index contributed by atoms with van der Waals surface area (Å²) in [5.74, 6) is -0.172. The fourth-order valence-electron chi connectivity index (χ4n) is 2.17. The molecule has 114 valence electrons. The van der Waals surface area contributed by atoms with Gasteiger partial charge in [0.15, 0.2) is 11.5 Å². The zero-order chi connectivity index (χ0) is 15.9. The van der Waals surface area contributed by atoms with Crippen molar-refractivity contribution in [2.24, 2.45) is 0 Å². The third kappa shape index (κ3) is 2.41. The van der Waals surface area contributed by atoms with Crippen molar-refractivity contribution in [3.63, 3.8) is 0 Å². The van der Waals surface area contributed by atoms with E-state index in [1.807, 2.05) is 0 Å². The van der Waals surface area contributed by atoms with Crippen molar-refractivity contribution in [3.8, 4) is 5.69 Å². The Morgan fingerprint density at radius 1 is 1.27 bits per heavy atom. The lowest BCUT2D eigenvalue weighted by Gasteiger charge is -2.03. The van der Waals surface area contributed by atoms with E-state index in [2.05, 4.69) is 5.10 Å². The fraction of sp³-hybridized carbons (Fsp3) is 0.200. The molecule has 3 rings (SSSR count). The minimum absolute atomic E-state index is 0.0295. The summed E-state index contributed by atoms with van der Waals surface area (Å²) < 4.78 is 40.8. The number of hydrogen-bond donors (Lipinski definition) is 0. The van der Waals surface area contributed by atoms with Crippen LogP contribution in [0.4, 0.5) is 13.2 Å². The van der Waals surface area contributed by atoms with Crippen LogP contribution in [-0.2, 0) is 6.18 Å². The van der Waals surface area contributed by atoms with E-state index in [4.69, 9.17) is 0 Å². The van der Waals surface area contributed by atoms with Gasteiger partial charge in [0.1, 0.15) is 4.83 Å². The molecule has 0 radical (unpaired) electrons. The van der Waals surface area contributed by atoms with Gasteiger partial charge in [-0.2, -0.15) is 18.3 Å². The lowest BCUT2D eigenvalue weighted by atomic mass is 10.2. The van der Waals surface area contributed by atoms with Crippen molar-refractivity contribution in [1.29, 1.82) is 0 Å². The number of rotatable bonds is 3. The highest BCUT2D eigenvalue weighted by molar-refractivity contribution is 7.20. The van der Waals surface area contributed by atoms with Crippen LogP contribution in [0.1, 0.15) is 28.7 Å². The molecular formula is C15H11F3N2OS. The number of ketones is 1. The van der Waals surface area contributed by atoms with E-state index in [1.54, 1.807) is 37.3 Å². The first kappa shape index (κ1) is 14.8. The number of nitrogens with zero attached hydrogens (tertiary/aromatic N) is 2. The van der Waals surface area contributed by atoms with Gasteiger partial charge in [-0.1, -0.05) is 25.1 Å². The van der Waals surface area contributed by atoms with Gasteiger partial charge in [-0.15, -0.1) is 11.3 Å². The Hall–Kier alpha value is -2.15. The molecule has 0 atom stereocenters. The molecule has 2 aromatic heterocycles. The number of benzene rings is 1. The van der Waals surface area contributed by atoms with Crippen molar-refractivity contribution in [2.75, 3.05) is 0 Å². The smallest absolute Gasteiger partial charge is 0.293 e. The second-order valence-corrected chi connectivity index (χ2v) is 5.73. The van der Waals surface area contributed by atoms with E-state index >= 15 is 0 Å². The molecule has 0 spiro atoms. The second-order valence-electron chi connectivity index (χ2n) is 4.70. The summed E-state index contributed by atoms with van der Waals surface area (Å²) in [6.45, 7) is 1.68. The fourth-order valence-corrected chi connectivity index (χ4v) is 3.31. The van der Waals surface area contributed by atoms with Gasteiger partial charge in [0, 0.05) is 11.8 Å². The molecule has 0 unspecified atom stereocenters. The Balaban J connectivity index is 2.29. The molecule has 7 heteroatoms. The highest BCUT2D eigenvalue weighted by Crippen LogP contribution is 2.39. The minimum atomic E-state index is -4.56. The van der Waals surface area contributed by atoms with Crippen LogP contribution in [0, 0.1) is 0 Å². The second kappa shape index (κ2) is 5.24. The van der Waals surface area contributed by atoms with E-state index in [-0.39, 0.29) is 17.6 Å². The molecule has 22 heavy (non-hydrogen) atoms. The molecule has 3 nitrogen and oxygen atoms in total. The molecule has 0 amide bonds. The number of para-hydroxylation sites is 1. The molecule has 0 aliphatic carbocycles. The van der Waals surface area contributed by atoms with Crippen molar-refractivity contribution < 1.29 is 18.0 Å². The molecule has 0 saturated heterocycles. The van der Waals surface area contributed by atoms with Crippen LogP contribution in [0.5, 0.6) is 0 Å². The number of Topliss-reactive ketones (excluding diaryl/α,β-unsaturated/α-hetero) is 1. The van der Waals surface area contributed by atoms with Crippen LogP contribution in [0.2, 0.25) is 0 Å². The van der Waals surface area contributed by atoms with Crippen LogP contribution in [0.25, 0.3) is 15.9 Å². The zero-order valence-electron chi connectivity index (χ0n) is 11.5. The van der Waals surface area contributed by atoms with Crippen LogP contribution in [0.15, 0.2) is 36.4 Å². The number of carbonyl (C=O) groups is 1. The number of alkyl halides is 3. The highest BCUT2D eigenvalue weighted by atomic mass is 32.1. The Bertz CT molecular complexity index is 834. The molecule has 0 bridgehead atoms. The maximum Gasteiger partial charge on any atom is 0.435 e. The van der Waals surface area contributed by atoms with Crippen molar-refractivity contribution in [1.82, 2.24) is 9.78 Å². The lowest BCUT2D eigenvalue weighted by Crippen LogP contribution is -2.08. The molecule has 1 aromatic carbocycles. The first-order chi connectivity index (χ1) is 10.4. The number of fused-ring (bicyclic) bond motifs is 1. The Labute approximate surface area is 128 Å². The Kier molecular flexibility index (Phi) is 3.52. The van der Waals surface area contributed by atoms with Crippen LogP contribution >= 0.6 is 11.3 Å². The minimum Gasteiger partial charge on any atom is -0.293 e. The van der Waals surface area contributed by atoms with Gasteiger partial charge in [0.2, 0.25) is 0 Å². The van der Waals surface area contributed by atoms with E-state index in [1.165, 1.54) is 10.7 Å². The van der Waals surface area contributed by atoms with Crippen LogP contribution < -0.4 is 0 Å². The largest absolute Gasteiger partial charge is 0.435 e. The molecular weight excluding hydrogens is 313 g/mol. The molecule has 2 heterocycles. The first-order valence-corrected chi connectivity index (χ1v) is 7.42. The summed E-state index contributed by atoms with van der Waals surface area (Å²) in [4.78, 5) is 12.4. The van der Waals surface area contributed by atoms with Gasteiger partial charge in [0.25, 0.3) is 0 Å². The van der Waals surface area contributed by atoms with E-state index in [0.29, 0.717) is 15.4 Å². The van der Waals surface area contributed by atoms with Gasteiger partial charge in [0.05, 0.1) is 10.6 Å². The summed E-state index contributed by atoms with van der Waals surface area (Å²) in [5.41, 5.74) is -0.432. The summed E-state index contributed by atoms with van der Waals surface area (Å²) in [6.07, 6.45) is -4.31. The summed E-state index contributed by atoms with van der Waals surface area (Å²) in [5, 5.41) is 3.68. The van der Waals surface area contributed by atoms with E-state index in [0.717, 1.165) is 11.3 Å². The van der Waals surface area contributed by atoms with Gasteiger partial charge in [-0.3, -0.25) is 4.79 Å². The Morgan fingerprint density at radius 3 is 2.55 bits per heavy atom. The SMILES string of the molecule is CCC(=O)c1cc2c(C(F)(F)F)nn(-c3ccccc3)c2s1. The predicted octanol–water partition coefficient (Wildman–Crippen LogP) is 4.70. The third-order valence-electron chi connectivity index (χ3n) is 3.23. The number of carbonyl (C=O) groups excluding carboxylic acids is 1. The van der Waals surface area contributed by atoms with Crippen LogP contribution in [-0.4, -0.2) is 15.6 Å². The van der Waals surface area contributed by atoms with E-state index in [9.17, 15) is 18.0 Å². The van der Waals surface area contributed by atoms with Gasteiger partial charge in [-0.25, -0.2) is 4.68 Å². The zero-order valence-corrected chi connectivity index (χ0v) is 12.3. The maximum absolute atomic E-state index is 13.2. The topological polar surface area (TPSA) is 34.9 Å². The first-order valence-electron chi connectivity index (χ1n) is 6.60. The summed E-state index contributed by atoms with van der Waals surface area (Å²) in [6, 6.07) is 9.86. The Morgan fingerprint density at radius 2 is 1.95 bits per heavy atom. The number of hydrogen-bond acceptors (Lipinski definition) is 3. The molecule has 0 aliphatic rings. The number of thiophene rings is 1. The average molecular weight is 324 g/mol.